The van der Waals surface area contributed by atoms with Crippen LogP contribution in [-0.4, -0.2) is 40.2 Å². The highest BCUT2D eigenvalue weighted by Gasteiger charge is 2.46. The van der Waals surface area contributed by atoms with Crippen molar-refractivity contribution in [2.75, 3.05) is 0 Å². The van der Waals surface area contributed by atoms with Crippen LogP contribution in [0.3, 0.4) is 0 Å². The summed E-state index contributed by atoms with van der Waals surface area (Å²) in [5, 5.41) is 22.0. The molecular weight excluding hydrogens is 372 g/mol. The predicted molar refractivity (Wildman–Crippen MR) is 95.2 cm³/mol. The second-order valence-corrected chi connectivity index (χ2v) is 6.40. The molecule has 1 unspecified atom stereocenters. The molecule has 10 heteroatoms. The lowest BCUT2D eigenvalue weighted by molar-refractivity contribution is -0.384. The Kier molecular flexibility index (Phi) is 6.69. The van der Waals surface area contributed by atoms with E-state index in [1.165, 1.54) is 30.3 Å². The highest BCUT2D eigenvalue weighted by atomic mass is 16.7. The number of ether oxygens (including phenoxy) is 2. The summed E-state index contributed by atoms with van der Waals surface area (Å²) >= 11 is 0. The second kappa shape index (κ2) is 8.98. The van der Waals surface area contributed by atoms with Crippen molar-refractivity contribution in [3.63, 3.8) is 0 Å². The first-order valence-corrected chi connectivity index (χ1v) is 8.47. The summed E-state index contributed by atoms with van der Waals surface area (Å²) in [5.41, 5.74) is 0.468. The van der Waals surface area contributed by atoms with Crippen LogP contribution >= 0.6 is 0 Å². The topological polar surface area (TPSA) is 145 Å². The fraction of sp³-hybridized carbons (Fsp3) is 0.389. The molecule has 0 spiro atoms. The summed E-state index contributed by atoms with van der Waals surface area (Å²) in [6, 6.07) is 5.14. The van der Waals surface area contributed by atoms with Gasteiger partial charge in [0.25, 0.3) is 5.69 Å². The summed E-state index contributed by atoms with van der Waals surface area (Å²) in [5.74, 6) is -2.27. The number of non-ortho nitro benzene ring substituents is 1. The number of β-lactam (4-membered cyclic amide) rings is 1. The first kappa shape index (κ1) is 20.9. The minimum atomic E-state index is -1.09. The van der Waals surface area contributed by atoms with Gasteiger partial charge in [0.15, 0.2) is 0 Å². The van der Waals surface area contributed by atoms with Gasteiger partial charge in [-0.1, -0.05) is 13.0 Å². The van der Waals surface area contributed by atoms with Gasteiger partial charge in [-0.05, 0) is 30.5 Å². The molecular formula is C18H20N2O8. The molecule has 2 N–H and O–H groups in total. The molecule has 1 aliphatic heterocycles. The zero-order chi connectivity index (χ0) is 20.8. The number of aliphatic carboxylic acids is 1. The summed E-state index contributed by atoms with van der Waals surface area (Å²) in [4.78, 5) is 44.4. The van der Waals surface area contributed by atoms with Crippen LogP contribution < -0.4 is 5.32 Å². The van der Waals surface area contributed by atoms with Crippen LogP contribution in [0.25, 0.3) is 0 Å². The van der Waals surface area contributed by atoms with Gasteiger partial charge in [0.1, 0.15) is 12.7 Å². The molecule has 1 aromatic rings. The second-order valence-electron chi connectivity index (χ2n) is 6.40. The summed E-state index contributed by atoms with van der Waals surface area (Å²) in [7, 11) is 0. The van der Waals surface area contributed by atoms with Crippen LogP contribution in [0.1, 0.15) is 19.4 Å². The number of nitrogens with zero attached hydrogens (tertiary/aromatic N) is 1. The number of nitrogens with one attached hydrogen (secondary N) is 1. The van der Waals surface area contributed by atoms with Crippen molar-refractivity contribution in [1.82, 2.24) is 5.32 Å². The van der Waals surface area contributed by atoms with Crippen LogP contribution in [0.4, 0.5) is 10.5 Å². The van der Waals surface area contributed by atoms with Crippen molar-refractivity contribution in [2.45, 2.75) is 32.6 Å². The van der Waals surface area contributed by atoms with Crippen molar-refractivity contribution in [1.29, 1.82) is 0 Å². The number of hydrogen-bond acceptors (Lipinski definition) is 7. The molecule has 1 aliphatic rings. The van der Waals surface area contributed by atoms with Gasteiger partial charge < -0.3 is 19.9 Å². The SMILES string of the molecule is CC(/C=C/C(=O)O)[C@H]1NC(=O)[C@@H]1[C@@H](C)OC(=O)OCc1ccc([N+](=O)[O-])cc1. The number of nitro groups is 1. The Labute approximate surface area is 160 Å². The van der Waals surface area contributed by atoms with Crippen LogP contribution in [0, 0.1) is 22.0 Å². The maximum Gasteiger partial charge on any atom is 0.508 e. The number of carboxylic acids is 1. The maximum absolute atomic E-state index is 11.9. The van der Waals surface area contributed by atoms with Gasteiger partial charge in [0.05, 0.1) is 16.9 Å². The van der Waals surface area contributed by atoms with Crippen molar-refractivity contribution < 1.29 is 33.9 Å². The third-order valence-corrected chi connectivity index (χ3v) is 4.40. The van der Waals surface area contributed by atoms with Gasteiger partial charge in [0, 0.05) is 18.2 Å². The lowest BCUT2D eigenvalue weighted by Gasteiger charge is -2.42. The standard InChI is InChI=1S/C18H20N2O8/c1-10(3-8-14(21)22)16-15(17(23)19-16)11(2)28-18(24)27-9-12-4-6-13(7-5-12)20(25)26/h3-8,10-11,15-16H,9H2,1-2H3,(H,19,23)(H,21,22)/b8-3+/t10?,11-,15-,16-/m1/s1. The quantitative estimate of drug-likeness (QED) is 0.225. The lowest BCUT2D eigenvalue weighted by Crippen LogP contribution is -2.64. The van der Waals surface area contributed by atoms with Crippen LogP contribution in [0.15, 0.2) is 36.4 Å². The highest BCUT2D eigenvalue weighted by Crippen LogP contribution is 2.28. The Morgan fingerprint density at radius 2 is 1.96 bits per heavy atom. The van der Waals surface area contributed by atoms with E-state index in [9.17, 15) is 24.5 Å². The minimum absolute atomic E-state index is 0.0759. The van der Waals surface area contributed by atoms with E-state index in [4.69, 9.17) is 14.6 Å². The number of nitro benzene ring substituents is 1. The summed E-state index contributed by atoms with van der Waals surface area (Å²) < 4.78 is 10.1. The first-order chi connectivity index (χ1) is 13.2. The molecule has 28 heavy (non-hydrogen) atoms. The Hall–Kier alpha value is -3.43. The molecule has 1 amide bonds. The van der Waals surface area contributed by atoms with Gasteiger partial charge >= 0.3 is 12.1 Å². The molecule has 0 saturated carbocycles. The van der Waals surface area contributed by atoms with Crippen LogP contribution in [0.5, 0.6) is 0 Å². The van der Waals surface area contributed by atoms with E-state index < -0.39 is 29.1 Å². The van der Waals surface area contributed by atoms with Crippen molar-refractivity contribution in [2.24, 2.45) is 11.8 Å². The molecule has 150 valence electrons. The van der Waals surface area contributed by atoms with E-state index in [1.807, 2.05) is 0 Å². The van der Waals surface area contributed by atoms with Gasteiger partial charge in [-0.3, -0.25) is 14.9 Å². The molecule has 0 radical (unpaired) electrons. The highest BCUT2D eigenvalue weighted by molar-refractivity contribution is 5.87. The number of carbonyl (C=O) groups excluding carboxylic acids is 2. The Balaban J connectivity index is 1.86. The average molecular weight is 392 g/mol. The first-order valence-electron chi connectivity index (χ1n) is 8.47. The van der Waals surface area contributed by atoms with E-state index >= 15 is 0 Å². The molecule has 1 saturated heterocycles. The fourth-order valence-corrected chi connectivity index (χ4v) is 2.85. The van der Waals surface area contributed by atoms with E-state index in [-0.39, 0.29) is 30.2 Å². The van der Waals surface area contributed by atoms with E-state index in [2.05, 4.69) is 5.32 Å². The third-order valence-electron chi connectivity index (χ3n) is 4.40. The molecule has 1 fully saturated rings. The lowest BCUT2D eigenvalue weighted by atomic mass is 9.78. The van der Waals surface area contributed by atoms with E-state index in [0.717, 1.165) is 6.08 Å². The average Bonchev–Trinajstić information content (AvgIpc) is 2.62. The normalized spacial score (nSPS) is 20.6. The largest absolute Gasteiger partial charge is 0.508 e. The van der Waals surface area contributed by atoms with Crippen LogP contribution in [0.2, 0.25) is 0 Å². The monoisotopic (exact) mass is 392 g/mol. The molecule has 0 aliphatic carbocycles. The van der Waals surface area contributed by atoms with Gasteiger partial charge in [0.2, 0.25) is 5.91 Å². The number of carboxylic acid groups (broad SMARTS) is 1. The molecule has 1 aromatic carbocycles. The zero-order valence-corrected chi connectivity index (χ0v) is 15.2. The van der Waals surface area contributed by atoms with Crippen molar-refractivity contribution in [3.05, 3.63) is 52.1 Å². The van der Waals surface area contributed by atoms with Gasteiger partial charge in [-0.25, -0.2) is 9.59 Å². The minimum Gasteiger partial charge on any atom is -0.478 e. The summed E-state index contributed by atoms with van der Waals surface area (Å²) in [6.07, 6.45) is 0.705. The van der Waals surface area contributed by atoms with Gasteiger partial charge in [-0.15, -0.1) is 0 Å². The predicted octanol–water partition coefficient (Wildman–Crippen LogP) is 2.03. The molecule has 1 heterocycles. The van der Waals surface area contributed by atoms with Gasteiger partial charge in [-0.2, -0.15) is 0 Å². The van der Waals surface area contributed by atoms with E-state index in [1.54, 1.807) is 13.8 Å². The molecule has 2 rings (SSSR count). The number of benzene rings is 1. The van der Waals surface area contributed by atoms with Crippen LogP contribution in [-0.2, 0) is 25.7 Å². The Bertz CT molecular complexity index is 789. The smallest absolute Gasteiger partial charge is 0.478 e. The molecule has 0 bridgehead atoms. The molecule has 10 nitrogen and oxygen atoms in total. The molecule has 4 atom stereocenters. The van der Waals surface area contributed by atoms with Crippen molar-refractivity contribution >= 4 is 23.7 Å². The fourth-order valence-electron chi connectivity index (χ4n) is 2.85. The summed E-state index contributed by atoms with van der Waals surface area (Å²) in [6.45, 7) is 3.16. The van der Waals surface area contributed by atoms with Crippen molar-refractivity contribution in [3.8, 4) is 0 Å². The number of rotatable bonds is 8. The Morgan fingerprint density at radius 1 is 1.32 bits per heavy atom. The number of amides is 1. The number of hydrogen-bond donors (Lipinski definition) is 2. The third kappa shape index (κ3) is 5.29. The Morgan fingerprint density at radius 3 is 2.50 bits per heavy atom. The zero-order valence-electron chi connectivity index (χ0n) is 15.2. The number of carbonyl (C=O) groups is 3. The molecule has 0 aromatic heterocycles. The van der Waals surface area contributed by atoms with E-state index in [0.29, 0.717) is 5.56 Å². The maximum atomic E-state index is 11.9.